The molecule has 0 aromatic heterocycles. The van der Waals surface area contributed by atoms with Gasteiger partial charge in [-0.3, -0.25) is 0 Å². The van der Waals surface area contributed by atoms with Gasteiger partial charge in [0.1, 0.15) is 12.4 Å². The van der Waals surface area contributed by atoms with Crippen molar-refractivity contribution in [2.45, 2.75) is 51.0 Å². The lowest BCUT2D eigenvalue weighted by atomic mass is 9.82. The highest BCUT2D eigenvalue weighted by atomic mass is 19.2. The van der Waals surface area contributed by atoms with E-state index in [0.717, 1.165) is 18.4 Å². The predicted octanol–water partition coefficient (Wildman–Crippen LogP) is 7.45. The Labute approximate surface area is 199 Å². The van der Waals surface area contributed by atoms with Crippen LogP contribution >= 0.6 is 0 Å². The van der Waals surface area contributed by atoms with E-state index in [9.17, 15) is 18.3 Å². The molecular weight excluding hydrogens is 437 g/mol. The normalized spacial score (nSPS) is 19.1. The summed E-state index contributed by atoms with van der Waals surface area (Å²) in [5, 5.41) is 9.67. The molecule has 0 atom stereocenters. The van der Waals surface area contributed by atoms with Crippen LogP contribution in [0.5, 0.6) is 5.75 Å². The highest BCUT2D eigenvalue weighted by Crippen LogP contribution is 2.34. The van der Waals surface area contributed by atoms with Gasteiger partial charge in [-0.05, 0) is 79.8 Å². The lowest BCUT2D eigenvalue weighted by molar-refractivity contribution is 0.122. The largest absolute Gasteiger partial charge is 0.486 e. The average Bonchev–Trinajstić information content (AvgIpc) is 2.82. The second kappa shape index (κ2) is 12.4. The van der Waals surface area contributed by atoms with Gasteiger partial charge in [-0.15, -0.1) is 0 Å². The van der Waals surface area contributed by atoms with Crippen LogP contribution in [0, 0.1) is 17.5 Å². The van der Waals surface area contributed by atoms with Crippen LogP contribution in [0.2, 0.25) is 0 Å². The molecule has 0 spiro atoms. The lowest BCUT2D eigenvalue weighted by Crippen LogP contribution is -2.17. The van der Waals surface area contributed by atoms with E-state index in [2.05, 4.69) is 6.58 Å². The number of allylic oxidation sites excluding steroid dienone is 6. The molecule has 2 aromatic rings. The Kier molecular flexibility index (Phi) is 9.34. The SMILES string of the molecule is C=C/C=C(\C=C/Cc1ccc(C2CCC(O)CC2)c(F)c1)c1ccc(OC/C=C/C)c(F)c1F. The Hall–Kier alpha value is -3.05. The van der Waals surface area contributed by atoms with E-state index in [-0.39, 0.29) is 35.8 Å². The molecule has 0 bridgehead atoms. The van der Waals surface area contributed by atoms with Crippen LogP contribution in [0.1, 0.15) is 55.2 Å². The van der Waals surface area contributed by atoms with Crippen molar-refractivity contribution in [2.75, 3.05) is 6.61 Å². The second-order valence-corrected chi connectivity index (χ2v) is 8.44. The highest BCUT2D eigenvalue weighted by Gasteiger charge is 2.23. The van der Waals surface area contributed by atoms with E-state index < -0.39 is 11.6 Å². The van der Waals surface area contributed by atoms with E-state index in [4.69, 9.17) is 4.74 Å². The van der Waals surface area contributed by atoms with Crippen LogP contribution in [0.4, 0.5) is 13.2 Å². The maximum Gasteiger partial charge on any atom is 0.201 e. The number of ether oxygens (including phenoxy) is 1. The number of hydrogen-bond donors (Lipinski definition) is 1. The van der Waals surface area contributed by atoms with E-state index in [0.29, 0.717) is 30.4 Å². The second-order valence-electron chi connectivity index (χ2n) is 8.44. The van der Waals surface area contributed by atoms with Crippen LogP contribution in [0.15, 0.2) is 73.4 Å². The van der Waals surface area contributed by atoms with Gasteiger partial charge in [-0.1, -0.05) is 55.2 Å². The molecule has 34 heavy (non-hydrogen) atoms. The minimum absolute atomic E-state index is 0.0908. The molecule has 0 amide bonds. The predicted molar refractivity (Wildman–Crippen MR) is 131 cm³/mol. The fraction of sp³-hybridized carbons (Fsp3) is 0.310. The Balaban J connectivity index is 1.72. The van der Waals surface area contributed by atoms with Crippen LogP contribution in [0.25, 0.3) is 5.57 Å². The summed E-state index contributed by atoms with van der Waals surface area (Å²) in [5.74, 6) is -2.29. The number of halogens is 3. The van der Waals surface area contributed by atoms with Crippen molar-refractivity contribution < 1.29 is 23.0 Å². The Morgan fingerprint density at radius 1 is 1.06 bits per heavy atom. The molecule has 1 fully saturated rings. The number of benzene rings is 2. The molecular formula is C29H31F3O2. The molecule has 180 valence electrons. The molecule has 2 aromatic carbocycles. The molecule has 1 N–H and O–H groups in total. The number of aliphatic hydroxyl groups is 1. The zero-order valence-corrected chi connectivity index (χ0v) is 19.4. The van der Waals surface area contributed by atoms with E-state index in [1.165, 1.54) is 24.3 Å². The van der Waals surface area contributed by atoms with Crippen molar-refractivity contribution in [1.29, 1.82) is 0 Å². The maximum absolute atomic E-state index is 14.7. The van der Waals surface area contributed by atoms with Gasteiger partial charge in [0.25, 0.3) is 0 Å². The average molecular weight is 469 g/mol. The summed E-state index contributed by atoms with van der Waals surface area (Å²) in [6.45, 7) is 5.62. The maximum atomic E-state index is 14.7. The van der Waals surface area contributed by atoms with Gasteiger partial charge in [0.2, 0.25) is 5.82 Å². The van der Waals surface area contributed by atoms with Gasteiger partial charge in [0.05, 0.1) is 6.10 Å². The quantitative estimate of drug-likeness (QED) is 0.306. The van der Waals surface area contributed by atoms with Gasteiger partial charge in [0.15, 0.2) is 11.6 Å². The van der Waals surface area contributed by atoms with Crippen LogP contribution < -0.4 is 4.74 Å². The van der Waals surface area contributed by atoms with E-state index >= 15 is 0 Å². The summed E-state index contributed by atoms with van der Waals surface area (Å²) in [5.41, 5.74) is 2.02. The Bertz CT molecular complexity index is 1080. The fourth-order valence-corrected chi connectivity index (χ4v) is 4.20. The molecule has 0 heterocycles. The first-order valence-corrected chi connectivity index (χ1v) is 11.6. The first-order valence-electron chi connectivity index (χ1n) is 11.6. The summed E-state index contributed by atoms with van der Waals surface area (Å²) in [7, 11) is 0. The van der Waals surface area contributed by atoms with Crippen molar-refractivity contribution in [1.82, 2.24) is 0 Å². The lowest BCUT2D eigenvalue weighted by Gasteiger charge is -2.26. The molecule has 0 saturated heterocycles. The Morgan fingerprint density at radius 2 is 1.82 bits per heavy atom. The van der Waals surface area contributed by atoms with Crippen LogP contribution in [0.3, 0.4) is 0 Å². The minimum Gasteiger partial charge on any atom is -0.486 e. The monoisotopic (exact) mass is 468 g/mol. The van der Waals surface area contributed by atoms with Gasteiger partial charge in [-0.2, -0.15) is 4.39 Å². The first kappa shape index (κ1) is 25.6. The third-order valence-corrected chi connectivity index (χ3v) is 6.08. The summed E-state index contributed by atoms with van der Waals surface area (Å²) in [4.78, 5) is 0. The first-order chi connectivity index (χ1) is 16.4. The van der Waals surface area contributed by atoms with Gasteiger partial charge < -0.3 is 9.84 Å². The van der Waals surface area contributed by atoms with Crippen molar-refractivity contribution in [3.05, 3.63) is 108 Å². The van der Waals surface area contributed by atoms with E-state index in [1.807, 2.05) is 19.1 Å². The standard InChI is InChI=1S/C29H31F3O2/c1-3-5-18-34-27-17-16-25(28(31)29(27)32)21(7-4-2)9-6-8-20-10-15-24(26(30)19-20)22-11-13-23(33)14-12-22/h3-7,9-10,15-17,19,22-23,33H,2,8,11-14,18H2,1H3/b5-3+,9-6-,21-7+. The van der Waals surface area contributed by atoms with Crippen molar-refractivity contribution in [3.63, 3.8) is 0 Å². The minimum atomic E-state index is -1.04. The molecule has 0 radical (unpaired) electrons. The number of hydrogen-bond acceptors (Lipinski definition) is 2. The third kappa shape index (κ3) is 6.51. The third-order valence-electron chi connectivity index (χ3n) is 6.08. The van der Waals surface area contributed by atoms with E-state index in [1.54, 1.807) is 30.4 Å². The molecule has 0 unspecified atom stereocenters. The topological polar surface area (TPSA) is 29.5 Å². The Morgan fingerprint density at radius 3 is 2.50 bits per heavy atom. The molecule has 1 aliphatic carbocycles. The number of rotatable bonds is 9. The summed E-state index contributed by atoms with van der Waals surface area (Å²) >= 11 is 0. The molecule has 1 aliphatic rings. The van der Waals surface area contributed by atoms with Crippen LogP contribution in [-0.2, 0) is 6.42 Å². The van der Waals surface area contributed by atoms with Crippen molar-refractivity contribution in [2.24, 2.45) is 0 Å². The molecule has 3 rings (SSSR count). The molecule has 1 saturated carbocycles. The number of aliphatic hydroxyl groups excluding tert-OH is 1. The zero-order chi connectivity index (χ0) is 24.5. The van der Waals surface area contributed by atoms with Crippen molar-refractivity contribution in [3.8, 4) is 5.75 Å². The van der Waals surface area contributed by atoms with Crippen molar-refractivity contribution >= 4 is 5.57 Å². The summed E-state index contributed by atoms with van der Waals surface area (Å²) in [6, 6.07) is 8.11. The molecule has 0 aliphatic heterocycles. The van der Waals surface area contributed by atoms with Gasteiger partial charge in [-0.25, -0.2) is 8.78 Å². The highest BCUT2D eigenvalue weighted by molar-refractivity contribution is 5.76. The van der Waals surface area contributed by atoms with Gasteiger partial charge >= 0.3 is 0 Å². The molecule has 2 nitrogen and oxygen atoms in total. The summed E-state index contributed by atoms with van der Waals surface area (Å²) in [6.07, 6.45) is 13.2. The smallest absolute Gasteiger partial charge is 0.201 e. The fourth-order valence-electron chi connectivity index (χ4n) is 4.20. The molecule has 5 heteroatoms. The summed E-state index contributed by atoms with van der Waals surface area (Å²) < 4.78 is 49.2. The van der Waals surface area contributed by atoms with Crippen LogP contribution in [-0.4, -0.2) is 17.8 Å². The van der Waals surface area contributed by atoms with Gasteiger partial charge in [0, 0.05) is 5.56 Å². The zero-order valence-electron chi connectivity index (χ0n) is 19.4.